The van der Waals surface area contributed by atoms with Crippen LogP contribution in [0.25, 0.3) is 0 Å². The number of nitrogens with one attached hydrogen (secondary N) is 1. The second-order valence-electron chi connectivity index (χ2n) is 4.17. The molecule has 17 heavy (non-hydrogen) atoms. The summed E-state index contributed by atoms with van der Waals surface area (Å²) in [6.07, 6.45) is 3.25. The first-order chi connectivity index (χ1) is 8.13. The fourth-order valence-electron chi connectivity index (χ4n) is 1.62. The molecule has 0 aliphatic heterocycles. The van der Waals surface area contributed by atoms with E-state index >= 15 is 0 Å². The lowest BCUT2D eigenvalue weighted by atomic mass is 10.2. The Hall–Kier alpha value is -0.710. The predicted octanol–water partition coefficient (Wildman–Crippen LogP) is 1.67. The van der Waals surface area contributed by atoms with Crippen LogP contribution in [0, 0.1) is 0 Å². The van der Waals surface area contributed by atoms with E-state index in [1.807, 2.05) is 24.3 Å². The molecule has 2 N–H and O–H groups in total. The molecule has 1 rings (SSSR count). The van der Waals surface area contributed by atoms with Crippen LogP contribution < -0.4 is 5.32 Å². The highest BCUT2D eigenvalue weighted by Gasteiger charge is 2.02. The molecule has 0 saturated heterocycles. The third kappa shape index (κ3) is 5.44. The van der Waals surface area contributed by atoms with Gasteiger partial charge in [-0.05, 0) is 24.1 Å². The van der Waals surface area contributed by atoms with Gasteiger partial charge in [-0.3, -0.25) is 4.21 Å². The number of benzene rings is 1. The third-order valence-corrected chi connectivity index (χ3v) is 3.52. The third-order valence-electron chi connectivity index (χ3n) is 2.59. The second kappa shape index (κ2) is 7.58. The summed E-state index contributed by atoms with van der Waals surface area (Å²) in [5.41, 5.74) is 1.14. The summed E-state index contributed by atoms with van der Waals surface area (Å²) in [6, 6.07) is 7.71. The van der Waals surface area contributed by atoms with Crippen molar-refractivity contribution in [3.8, 4) is 0 Å². The fraction of sp³-hybridized carbons (Fsp3) is 0.538. The number of aliphatic hydroxyl groups excluding tert-OH is 1. The topological polar surface area (TPSA) is 49.3 Å². The van der Waals surface area contributed by atoms with Crippen LogP contribution in [0.15, 0.2) is 29.2 Å². The molecule has 0 amide bonds. The normalized spacial score (nSPS) is 14.5. The van der Waals surface area contributed by atoms with E-state index in [1.165, 1.54) is 0 Å². The van der Waals surface area contributed by atoms with Gasteiger partial charge in [0.05, 0.1) is 6.10 Å². The van der Waals surface area contributed by atoms with Crippen LogP contribution in [0.3, 0.4) is 0 Å². The van der Waals surface area contributed by atoms with Crippen LogP contribution in [0.4, 0.5) is 0 Å². The van der Waals surface area contributed by atoms with Gasteiger partial charge in [0.1, 0.15) is 0 Å². The molecule has 1 aromatic rings. The van der Waals surface area contributed by atoms with Crippen LogP contribution in [-0.2, 0) is 17.3 Å². The maximum atomic E-state index is 11.2. The summed E-state index contributed by atoms with van der Waals surface area (Å²) in [7, 11) is -0.913. The SMILES string of the molecule is CCCC(O)CNCc1ccc(S(C)=O)cc1. The summed E-state index contributed by atoms with van der Waals surface area (Å²) in [5, 5.41) is 12.8. The average Bonchev–Trinajstić information content (AvgIpc) is 2.30. The van der Waals surface area contributed by atoms with E-state index in [2.05, 4.69) is 12.2 Å². The van der Waals surface area contributed by atoms with Gasteiger partial charge in [0, 0.05) is 35.0 Å². The van der Waals surface area contributed by atoms with Crippen molar-refractivity contribution < 1.29 is 9.32 Å². The molecule has 2 unspecified atom stereocenters. The van der Waals surface area contributed by atoms with Crippen molar-refractivity contribution in [1.82, 2.24) is 5.32 Å². The minimum absolute atomic E-state index is 0.262. The molecule has 0 radical (unpaired) electrons. The lowest BCUT2D eigenvalue weighted by molar-refractivity contribution is 0.160. The number of hydrogen-bond acceptors (Lipinski definition) is 3. The Morgan fingerprint density at radius 3 is 2.53 bits per heavy atom. The highest BCUT2D eigenvalue weighted by atomic mass is 32.2. The predicted molar refractivity (Wildman–Crippen MR) is 71.4 cm³/mol. The molecule has 0 bridgehead atoms. The van der Waals surface area contributed by atoms with Crippen molar-refractivity contribution in [2.75, 3.05) is 12.8 Å². The van der Waals surface area contributed by atoms with Crippen LogP contribution >= 0.6 is 0 Å². The molecule has 3 nitrogen and oxygen atoms in total. The Labute approximate surface area is 106 Å². The maximum absolute atomic E-state index is 11.2. The number of rotatable bonds is 7. The zero-order chi connectivity index (χ0) is 12.7. The molecule has 0 aromatic heterocycles. The van der Waals surface area contributed by atoms with Gasteiger partial charge in [0.2, 0.25) is 0 Å². The Morgan fingerprint density at radius 2 is 2.00 bits per heavy atom. The van der Waals surface area contributed by atoms with E-state index in [1.54, 1.807) is 6.26 Å². The highest BCUT2D eigenvalue weighted by Crippen LogP contribution is 2.07. The average molecular weight is 255 g/mol. The fourth-order valence-corrected chi connectivity index (χ4v) is 2.14. The summed E-state index contributed by atoms with van der Waals surface area (Å²) >= 11 is 0. The molecular weight excluding hydrogens is 234 g/mol. The van der Waals surface area contributed by atoms with Crippen LogP contribution in [-0.4, -0.2) is 28.2 Å². The van der Waals surface area contributed by atoms with E-state index in [0.717, 1.165) is 29.8 Å². The molecule has 0 spiro atoms. The molecule has 2 atom stereocenters. The number of aliphatic hydroxyl groups is 1. The Kier molecular flexibility index (Phi) is 6.40. The molecule has 0 saturated carbocycles. The highest BCUT2D eigenvalue weighted by molar-refractivity contribution is 7.84. The van der Waals surface area contributed by atoms with Crippen molar-refractivity contribution in [1.29, 1.82) is 0 Å². The zero-order valence-electron chi connectivity index (χ0n) is 10.5. The minimum atomic E-state index is -0.913. The quantitative estimate of drug-likeness (QED) is 0.779. The molecule has 96 valence electrons. The molecule has 0 fully saturated rings. The van der Waals surface area contributed by atoms with E-state index < -0.39 is 10.8 Å². The van der Waals surface area contributed by atoms with Crippen LogP contribution in [0.5, 0.6) is 0 Å². The first kappa shape index (κ1) is 14.4. The molecule has 0 aliphatic carbocycles. The summed E-state index contributed by atoms with van der Waals surface area (Å²) < 4.78 is 11.2. The largest absolute Gasteiger partial charge is 0.392 e. The lowest BCUT2D eigenvalue weighted by Crippen LogP contribution is -2.26. The van der Waals surface area contributed by atoms with Crippen molar-refractivity contribution in [3.05, 3.63) is 29.8 Å². The van der Waals surface area contributed by atoms with Gasteiger partial charge in [-0.1, -0.05) is 25.5 Å². The maximum Gasteiger partial charge on any atom is 0.0664 e. The Balaban J connectivity index is 2.34. The van der Waals surface area contributed by atoms with Crippen molar-refractivity contribution in [2.45, 2.75) is 37.3 Å². The monoisotopic (exact) mass is 255 g/mol. The van der Waals surface area contributed by atoms with E-state index in [0.29, 0.717) is 6.54 Å². The summed E-state index contributed by atoms with van der Waals surface area (Å²) in [6.45, 7) is 3.42. The van der Waals surface area contributed by atoms with Gasteiger partial charge in [0.25, 0.3) is 0 Å². The molecule has 4 heteroatoms. The van der Waals surface area contributed by atoms with E-state index in [9.17, 15) is 9.32 Å². The van der Waals surface area contributed by atoms with Crippen molar-refractivity contribution in [3.63, 3.8) is 0 Å². The number of hydrogen-bond donors (Lipinski definition) is 2. The first-order valence-electron chi connectivity index (χ1n) is 5.94. The Morgan fingerprint density at radius 1 is 1.35 bits per heavy atom. The van der Waals surface area contributed by atoms with Crippen molar-refractivity contribution >= 4 is 10.8 Å². The minimum Gasteiger partial charge on any atom is -0.392 e. The van der Waals surface area contributed by atoms with Gasteiger partial charge in [-0.25, -0.2) is 0 Å². The van der Waals surface area contributed by atoms with Gasteiger partial charge in [-0.15, -0.1) is 0 Å². The van der Waals surface area contributed by atoms with Gasteiger partial charge in [0.15, 0.2) is 0 Å². The van der Waals surface area contributed by atoms with Gasteiger partial charge >= 0.3 is 0 Å². The van der Waals surface area contributed by atoms with Gasteiger partial charge < -0.3 is 10.4 Å². The standard InChI is InChI=1S/C13H21NO2S/c1-3-4-12(15)10-14-9-11-5-7-13(8-6-11)17(2)16/h5-8,12,14-15H,3-4,9-10H2,1-2H3. The molecule has 0 aliphatic rings. The second-order valence-corrected chi connectivity index (χ2v) is 5.55. The molecule has 1 aromatic carbocycles. The zero-order valence-corrected chi connectivity index (χ0v) is 11.3. The van der Waals surface area contributed by atoms with Gasteiger partial charge in [-0.2, -0.15) is 0 Å². The van der Waals surface area contributed by atoms with Crippen molar-refractivity contribution in [2.24, 2.45) is 0 Å². The summed E-state index contributed by atoms with van der Waals surface area (Å²) in [5.74, 6) is 0. The van der Waals surface area contributed by atoms with Crippen LogP contribution in [0.2, 0.25) is 0 Å². The summed E-state index contributed by atoms with van der Waals surface area (Å²) in [4.78, 5) is 0.847. The first-order valence-corrected chi connectivity index (χ1v) is 7.50. The molecule has 0 heterocycles. The lowest BCUT2D eigenvalue weighted by Gasteiger charge is -2.10. The smallest absolute Gasteiger partial charge is 0.0664 e. The van der Waals surface area contributed by atoms with E-state index in [4.69, 9.17) is 0 Å². The van der Waals surface area contributed by atoms with E-state index in [-0.39, 0.29) is 6.10 Å². The molecular formula is C13H21NO2S. The Bertz CT molecular complexity index is 351. The van der Waals surface area contributed by atoms with Crippen LogP contribution in [0.1, 0.15) is 25.3 Å².